The zero-order valence-corrected chi connectivity index (χ0v) is 16.2. The highest BCUT2D eigenvalue weighted by Gasteiger charge is 2.42. The zero-order valence-electron chi connectivity index (χ0n) is 16.2. The fourth-order valence-corrected chi connectivity index (χ4v) is 3.96. The van der Waals surface area contributed by atoms with Gasteiger partial charge in [-0.25, -0.2) is 4.79 Å². The van der Waals surface area contributed by atoms with Crippen molar-refractivity contribution in [1.29, 1.82) is 0 Å². The van der Waals surface area contributed by atoms with Crippen LogP contribution in [0.1, 0.15) is 49.0 Å². The van der Waals surface area contributed by atoms with Crippen LogP contribution < -0.4 is 0 Å². The number of hydrogen-bond acceptors (Lipinski definition) is 4. The second-order valence-electron chi connectivity index (χ2n) is 7.61. The van der Waals surface area contributed by atoms with E-state index in [4.69, 9.17) is 4.74 Å². The second kappa shape index (κ2) is 8.00. The lowest BCUT2D eigenvalue weighted by molar-refractivity contribution is -0.148. The molecule has 8 heteroatoms. The third-order valence-corrected chi connectivity index (χ3v) is 5.37. The Labute approximate surface area is 166 Å². The van der Waals surface area contributed by atoms with Crippen molar-refractivity contribution in [2.75, 3.05) is 6.54 Å². The van der Waals surface area contributed by atoms with Gasteiger partial charge in [-0.05, 0) is 43.5 Å². The summed E-state index contributed by atoms with van der Waals surface area (Å²) in [5, 5.41) is 0. The van der Waals surface area contributed by atoms with Crippen molar-refractivity contribution in [3.63, 3.8) is 0 Å². The number of likely N-dealkylation sites (tertiary alicyclic amines) is 1. The Hall–Kier alpha value is -2.64. The summed E-state index contributed by atoms with van der Waals surface area (Å²) in [6.07, 6.45) is -2.11. The van der Waals surface area contributed by atoms with Gasteiger partial charge in [-0.3, -0.25) is 14.5 Å². The van der Waals surface area contributed by atoms with Gasteiger partial charge >= 0.3 is 12.1 Å². The molecule has 2 amide bonds. The van der Waals surface area contributed by atoms with Crippen molar-refractivity contribution < 1.29 is 32.3 Å². The number of rotatable bonds is 3. The summed E-state index contributed by atoms with van der Waals surface area (Å²) in [6, 6.07) is 3.75. The number of hydrogen-bond donors (Lipinski definition) is 0. The molecule has 3 rings (SSSR count). The van der Waals surface area contributed by atoms with Crippen molar-refractivity contribution in [2.24, 2.45) is 11.8 Å². The molecule has 1 saturated heterocycles. The predicted octanol–water partition coefficient (Wildman–Crippen LogP) is 3.98. The Kier molecular flexibility index (Phi) is 5.82. The highest BCUT2D eigenvalue weighted by Crippen LogP contribution is 2.34. The molecule has 1 aromatic rings. The number of allylic oxidation sites excluding steroid dienone is 1. The SMILES string of the molecule is CC1=C[C@@H](C)[C@@H](C(=O)N2CCCC2=O)[C@H](OC(=O)c2ccc(C(F)(F)F)cc2)C1. The molecular formula is C21H22F3NO4. The van der Waals surface area contributed by atoms with Crippen molar-refractivity contribution in [3.8, 4) is 0 Å². The van der Waals surface area contributed by atoms with Gasteiger partial charge in [0.25, 0.3) is 0 Å². The molecule has 0 radical (unpaired) electrons. The Morgan fingerprint density at radius 1 is 1.17 bits per heavy atom. The van der Waals surface area contributed by atoms with E-state index in [1.165, 1.54) is 4.90 Å². The number of carbonyl (C=O) groups excluding carboxylic acids is 3. The van der Waals surface area contributed by atoms with Gasteiger partial charge in [0.1, 0.15) is 6.10 Å². The Balaban J connectivity index is 1.79. The van der Waals surface area contributed by atoms with Gasteiger partial charge in [0.15, 0.2) is 0 Å². The van der Waals surface area contributed by atoms with E-state index in [1.54, 1.807) is 0 Å². The minimum absolute atomic E-state index is 0.0266. The van der Waals surface area contributed by atoms with Gasteiger partial charge in [0, 0.05) is 19.4 Å². The van der Waals surface area contributed by atoms with Gasteiger partial charge < -0.3 is 4.74 Å². The summed E-state index contributed by atoms with van der Waals surface area (Å²) in [7, 11) is 0. The Morgan fingerprint density at radius 3 is 2.38 bits per heavy atom. The molecule has 29 heavy (non-hydrogen) atoms. The van der Waals surface area contributed by atoms with E-state index in [9.17, 15) is 27.6 Å². The van der Waals surface area contributed by atoms with Crippen LogP contribution in [-0.2, 0) is 20.5 Å². The molecule has 5 nitrogen and oxygen atoms in total. The molecule has 3 atom stereocenters. The molecule has 1 fully saturated rings. The smallest absolute Gasteiger partial charge is 0.416 e. The van der Waals surface area contributed by atoms with E-state index in [-0.39, 0.29) is 23.3 Å². The largest absolute Gasteiger partial charge is 0.458 e. The van der Waals surface area contributed by atoms with Gasteiger partial charge in [-0.1, -0.05) is 18.6 Å². The molecule has 0 aromatic heterocycles. The molecule has 2 aliphatic rings. The number of imide groups is 1. The van der Waals surface area contributed by atoms with Crippen LogP contribution in [0.3, 0.4) is 0 Å². The summed E-state index contributed by atoms with van der Waals surface area (Å²) in [5.74, 6) is -2.35. The lowest BCUT2D eigenvalue weighted by atomic mass is 9.79. The Bertz CT molecular complexity index is 844. The van der Waals surface area contributed by atoms with Crippen molar-refractivity contribution in [1.82, 2.24) is 4.90 Å². The summed E-state index contributed by atoms with van der Waals surface area (Å²) in [6.45, 7) is 4.03. The number of benzene rings is 1. The minimum atomic E-state index is -4.50. The van der Waals surface area contributed by atoms with E-state index < -0.39 is 29.7 Å². The van der Waals surface area contributed by atoms with Gasteiger partial charge in [0.2, 0.25) is 11.8 Å². The molecule has 0 N–H and O–H groups in total. The third-order valence-electron chi connectivity index (χ3n) is 5.37. The first kappa shape index (κ1) is 21.1. The quantitative estimate of drug-likeness (QED) is 0.430. The molecule has 0 saturated carbocycles. The number of halogens is 3. The molecule has 1 heterocycles. The Morgan fingerprint density at radius 2 is 1.83 bits per heavy atom. The van der Waals surface area contributed by atoms with E-state index in [0.29, 0.717) is 25.8 Å². The maximum Gasteiger partial charge on any atom is 0.416 e. The predicted molar refractivity (Wildman–Crippen MR) is 97.6 cm³/mol. The van der Waals surface area contributed by atoms with Crippen molar-refractivity contribution in [2.45, 2.75) is 45.4 Å². The molecule has 1 aliphatic heterocycles. The van der Waals surface area contributed by atoms with Crippen molar-refractivity contribution >= 4 is 17.8 Å². The average Bonchev–Trinajstić information content (AvgIpc) is 3.06. The lowest BCUT2D eigenvalue weighted by Crippen LogP contribution is -2.47. The first-order valence-corrected chi connectivity index (χ1v) is 9.47. The molecule has 0 bridgehead atoms. The first-order chi connectivity index (χ1) is 13.6. The maximum atomic E-state index is 13.0. The van der Waals surface area contributed by atoms with Crippen LogP contribution in [0.5, 0.6) is 0 Å². The third kappa shape index (κ3) is 4.52. The zero-order chi connectivity index (χ0) is 21.3. The summed E-state index contributed by atoms with van der Waals surface area (Å²) in [4.78, 5) is 38.7. The molecule has 1 aliphatic carbocycles. The summed E-state index contributed by atoms with van der Waals surface area (Å²) < 4.78 is 43.7. The lowest BCUT2D eigenvalue weighted by Gasteiger charge is -2.35. The van der Waals surface area contributed by atoms with Gasteiger partial charge in [0.05, 0.1) is 17.0 Å². The minimum Gasteiger partial charge on any atom is -0.458 e. The van der Waals surface area contributed by atoms with Crippen LogP contribution in [0.4, 0.5) is 13.2 Å². The van der Waals surface area contributed by atoms with Gasteiger partial charge in [-0.15, -0.1) is 0 Å². The number of carbonyl (C=O) groups is 3. The highest BCUT2D eigenvalue weighted by molar-refractivity contribution is 5.98. The summed E-state index contributed by atoms with van der Waals surface area (Å²) >= 11 is 0. The number of amides is 2. The summed E-state index contributed by atoms with van der Waals surface area (Å²) in [5.41, 5.74) is 0.0561. The van der Waals surface area contributed by atoms with E-state index in [0.717, 1.165) is 29.8 Å². The molecule has 0 spiro atoms. The van der Waals surface area contributed by atoms with E-state index >= 15 is 0 Å². The first-order valence-electron chi connectivity index (χ1n) is 9.47. The molecule has 156 valence electrons. The molecule has 0 unspecified atom stereocenters. The number of ether oxygens (including phenoxy) is 1. The van der Waals surface area contributed by atoms with Crippen molar-refractivity contribution in [3.05, 3.63) is 47.0 Å². The number of nitrogens with zero attached hydrogens (tertiary/aromatic N) is 1. The fourth-order valence-electron chi connectivity index (χ4n) is 3.96. The fraction of sp³-hybridized carbons (Fsp3) is 0.476. The van der Waals surface area contributed by atoms with Crippen LogP contribution in [0.15, 0.2) is 35.9 Å². The van der Waals surface area contributed by atoms with Crippen LogP contribution in [0.2, 0.25) is 0 Å². The van der Waals surface area contributed by atoms with E-state index in [1.807, 2.05) is 19.9 Å². The van der Waals surface area contributed by atoms with Crippen LogP contribution in [0.25, 0.3) is 0 Å². The standard InChI is InChI=1S/C21H22F3NO4/c1-12-10-13(2)18(19(27)25-9-3-4-17(25)26)16(11-12)29-20(28)14-5-7-15(8-6-14)21(22,23)24/h5-8,10,13,16,18H,3-4,9,11H2,1-2H3/t13-,16-,18-/m1/s1. The highest BCUT2D eigenvalue weighted by atomic mass is 19.4. The topological polar surface area (TPSA) is 63.7 Å². The maximum absolute atomic E-state index is 13.0. The number of alkyl halides is 3. The monoisotopic (exact) mass is 409 g/mol. The normalized spacial score (nSPS) is 25.0. The molecular weight excluding hydrogens is 387 g/mol. The average molecular weight is 409 g/mol. The van der Waals surface area contributed by atoms with Crippen LogP contribution >= 0.6 is 0 Å². The van der Waals surface area contributed by atoms with Crippen LogP contribution in [0, 0.1) is 11.8 Å². The molecule has 1 aromatic carbocycles. The van der Waals surface area contributed by atoms with Gasteiger partial charge in [-0.2, -0.15) is 13.2 Å². The second-order valence-corrected chi connectivity index (χ2v) is 7.61. The van der Waals surface area contributed by atoms with E-state index in [2.05, 4.69) is 0 Å². The van der Waals surface area contributed by atoms with Crippen LogP contribution in [-0.4, -0.2) is 35.3 Å². The number of esters is 1.